The zero-order valence-corrected chi connectivity index (χ0v) is 16.0. The van der Waals surface area contributed by atoms with E-state index in [1.165, 1.54) is 0 Å². The molecule has 2 aromatic rings. The van der Waals surface area contributed by atoms with Gasteiger partial charge in [-0.25, -0.2) is 4.98 Å². The lowest BCUT2D eigenvalue weighted by Crippen LogP contribution is -2.36. The third kappa shape index (κ3) is 4.87. The van der Waals surface area contributed by atoms with Crippen molar-refractivity contribution in [3.8, 4) is 11.3 Å². The van der Waals surface area contributed by atoms with Gasteiger partial charge in [0.25, 0.3) is 0 Å². The maximum absolute atomic E-state index is 5.44. The van der Waals surface area contributed by atoms with E-state index in [9.17, 15) is 0 Å². The van der Waals surface area contributed by atoms with Gasteiger partial charge in [0.15, 0.2) is 10.2 Å². The van der Waals surface area contributed by atoms with Crippen LogP contribution in [0, 0.1) is 0 Å². The van der Waals surface area contributed by atoms with Gasteiger partial charge in [-0.1, -0.05) is 47.7 Å². The van der Waals surface area contributed by atoms with Crippen molar-refractivity contribution < 1.29 is 4.74 Å². The van der Waals surface area contributed by atoms with E-state index in [4.69, 9.17) is 21.9 Å². The van der Waals surface area contributed by atoms with Gasteiger partial charge in [-0.3, -0.25) is 5.43 Å². The molecule has 26 heavy (non-hydrogen) atoms. The Balaban J connectivity index is 1.81. The minimum Gasteiger partial charge on any atom is -0.378 e. The van der Waals surface area contributed by atoms with Gasteiger partial charge in [0, 0.05) is 25.2 Å². The Hall–Kier alpha value is -2.29. The zero-order chi connectivity index (χ0) is 18.2. The molecule has 0 spiro atoms. The van der Waals surface area contributed by atoms with Crippen LogP contribution in [0.25, 0.3) is 11.3 Å². The third-order valence-corrected chi connectivity index (χ3v) is 5.01. The summed E-state index contributed by atoms with van der Waals surface area (Å²) in [6.45, 7) is 7.41. The van der Waals surface area contributed by atoms with E-state index >= 15 is 0 Å². The van der Waals surface area contributed by atoms with Crippen molar-refractivity contribution in [3.05, 3.63) is 47.9 Å². The van der Waals surface area contributed by atoms with Crippen molar-refractivity contribution in [1.29, 1.82) is 0 Å². The highest BCUT2D eigenvalue weighted by Gasteiger charge is 2.18. The summed E-state index contributed by atoms with van der Waals surface area (Å²) < 4.78 is 5.44. The van der Waals surface area contributed by atoms with E-state index in [-0.39, 0.29) is 0 Å². The van der Waals surface area contributed by atoms with Gasteiger partial charge in [0.2, 0.25) is 0 Å². The number of ether oxygens (including phenoxy) is 1. The molecule has 0 unspecified atom stereocenters. The van der Waals surface area contributed by atoms with Gasteiger partial charge < -0.3 is 15.0 Å². The van der Waals surface area contributed by atoms with Crippen molar-refractivity contribution in [2.45, 2.75) is 0 Å². The van der Waals surface area contributed by atoms with E-state index in [2.05, 4.69) is 39.5 Å². The van der Waals surface area contributed by atoms with E-state index in [0.717, 1.165) is 47.6 Å². The van der Waals surface area contributed by atoms with Crippen LogP contribution in [-0.2, 0) is 4.74 Å². The van der Waals surface area contributed by atoms with Crippen LogP contribution in [0.4, 0.5) is 5.13 Å². The Bertz CT molecular complexity index is 769. The molecule has 1 aromatic heterocycles. The first kappa shape index (κ1) is 18.5. The number of aromatic nitrogens is 1. The van der Waals surface area contributed by atoms with Crippen LogP contribution >= 0.6 is 23.6 Å². The average Bonchev–Trinajstić information content (AvgIpc) is 3.12. The molecule has 2 heterocycles. The van der Waals surface area contributed by atoms with E-state index < -0.39 is 0 Å². The second kappa shape index (κ2) is 9.42. The van der Waals surface area contributed by atoms with Gasteiger partial charge in [-0.15, -0.1) is 6.58 Å². The molecule has 0 bridgehead atoms. The largest absolute Gasteiger partial charge is 0.378 e. The smallest absolute Gasteiger partial charge is 0.187 e. The molecule has 1 aliphatic rings. The van der Waals surface area contributed by atoms with Gasteiger partial charge in [0.1, 0.15) is 0 Å². The molecule has 1 fully saturated rings. The molecular formula is C18H21N5OS2. The molecule has 6 nitrogen and oxygen atoms in total. The summed E-state index contributed by atoms with van der Waals surface area (Å²) >= 11 is 6.77. The number of hydrogen-bond acceptors (Lipinski definition) is 6. The molecule has 0 aliphatic carbocycles. The summed E-state index contributed by atoms with van der Waals surface area (Å²) in [7, 11) is 0. The van der Waals surface area contributed by atoms with Crippen molar-refractivity contribution >= 4 is 40.0 Å². The number of morpholine rings is 1. The van der Waals surface area contributed by atoms with Gasteiger partial charge >= 0.3 is 0 Å². The summed E-state index contributed by atoms with van der Waals surface area (Å²) in [4.78, 5) is 8.09. The normalized spacial score (nSPS) is 14.4. The first-order valence-electron chi connectivity index (χ1n) is 8.34. The van der Waals surface area contributed by atoms with Crippen molar-refractivity contribution in [2.75, 3.05) is 37.7 Å². The second-order valence-electron chi connectivity index (χ2n) is 5.54. The molecule has 2 N–H and O–H groups in total. The first-order valence-corrected chi connectivity index (χ1v) is 9.57. The van der Waals surface area contributed by atoms with Crippen LogP contribution < -0.4 is 15.6 Å². The Morgan fingerprint density at radius 1 is 1.35 bits per heavy atom. The number of rotatable bonds is 6. The zero-order valence-electron chi connectivity index (χ0n) is 14.4. The Morgan fingerprint density at radius 2 is 2.12 bits per heavy atom. The predicted molar refractivity (Wildman–Crippen MR) is 112 cm³/mol. The van der Waals surface area contributed by atoms with E-state index in [1.807, 2.05) is 18.2 Å². The highest BCUT2D eigenvalue weighted by molar-refractivity contribution is 7.80. The number of nitrogens with one attached hydrogen (secondary N) is 2. The third-order valence-electron chi connectivity index (χ3n) is 3.73. The topological polar surface area (TPSA) is 61.8 Å². The molecule has 0 radical (unpaired) electrons. The summed E-state index contributed by atoms with van der Waals surface area (Å²) in [6, 6.07) is 10.1. The molecule has 1 aliphatic heterocycles. The summed E-state index contributed by atoms with van der Waals surface area (Å²) in [5.41, 5.74) is 4.81. The maximum Gasteiger partial charge on any atom is 0.187 e. The monoisotopic (exact) mass is 387 g/mol. The number of nitrogens with zero attached hydrogens (tertiary/aromatic N) is 3. The highest BCUT2D eigenvalue weighted by Crippen LogP contribution is 2.32. The minimum atomic E-state index is 0.459. The van der Waals surface area contributed by atoms with Crippen molar-refractivity contribution in [2.24, 2.45) is 5.10 Å². The van der Waals surface area contributed by atoms with Gasteiger partial charge in [-0.05, 0) is 12.2 Å². The van der Waals surface area contributed by atoms with Crippen LogP contribution in [0.15, 0.2) is 48.1 Å². The van der Waals surface area contributed by atoms with Crippen LogP contribution in [-0.4, -0.2) is 49.2 Å². The summed E-state index contributed by atoms with van der Waals surface area (Å²) in [6.07, 6.45) is 3.51. The Labute approximate surface area is 162 Å². The lowest BCUT2D eigenvalue weighted by atomic mass is 10.1. The fraction of sp³-hybridized carbons (Fsp3) is 0.278. The Kier molecular flexibility index (Phi) is 6.70. The summed E-state index contributed by atoms with van der Waals surface area (Å²) in [5, 5.41) is 8.67. The molecule has 0 atom stereocenters. The number of anilines is 1. The van der Waals surface area contributed by atoms with Gasteiger partial charge in [0.05, 0.1) is 30.0 Å². The molecule has 1 saturated heterocycles. The fourth-order valence-electron chi connectivity index (χ4n) is 2.45. The molecule has 0 amide bonds. The second-order valence-corrected chi connectivity index (χ2v) is 6.96. The maximum atomic E-state index is 5.44. The standard InChI is InChI=1S/C18H21N5OS2/c1-2-8-19-17(25)22-20-13-15-16(14-6-4-3-5-7-14)21-18(26-15)23-9-11-24-12-10-23/h2-7,13H,1,8-12H2,(H2,19,22,25)/b20-13+. The fourth-order valence-corrected chi connectivity index (χ4v) is 3.60. The van der Waals surface area contributed by atoms with Crippen LogP contribution in [0.1, 0.15) is 4.88 Å². The minimum absolute atomic E-state index is 0.459. The average molecular weight is 388 g/mol. The van der Waals surface area contributed by atoms with Crippen LogP contribution in [0.3, 0.4) is 0 Å². The molecule has 3 rings (SSSR count). The van der Waals surface area contributed by atoms with Crippen molar-refractivity contribution in [1.82, 2.24) is 15.7 Å². The lowest BCUT2D eigenvalue weighted by molar-refractivity contribution is 0.122. The summed E-state index contributed by atoms with van der Waals surface area (Å²) in [5.74, 6) is 0. The van der Waals surface area contributed by atoms with E-state index in [1.54, 1.807) is 23.6 Å². The van der Waals surface area contributed by atoms with Crippen molar-refractivity contribution in [3.63, 3.8) is 0 Å². The van der Waals surface area contributed by atoms with E-state index in [0.29, 0.717) is 11.7 Å². The molecule has 0 saturated carbocycles. The van der Waals surface area contributed by atoms with Gasteiger partial charge in [-0.2, -0.15) is 5.10 Å². The SMILES string of the molecule is C=CCNC(=S)N/N=C/c1sc(N2CCOCC2)nc1-c1ccccc1. The number of hydrazone groups is 1. The Morgan fingerprint density at radius 3 is 2.85 bits per heavy atom. The molecule has 8 heteroatoms. The highest BCUT2D eigenvalue weighted by atomic mass is 32.1. The quantitative estimate of drug-likeness (QED) is 0.344. The number of benzene rings is 1. The molecule has 136 valence electrons. The number of thiazole rings is 1. The lowest BCUT2D eigenvalue weighted by Gasteiger charge is -2.26. The molecule has 1 aromatic carbocycles. The predicted octanol–water partition coefficient (Wildman–Crippen LogP) is 2.63. The molecular weight excluding hydrogens is 366 g/mol. The number of hydrogen-bond donors (Lipinski definition) is 2. The number of thiocarbonyl (C=S) groups is 1. The van der Waals surface area contributed by atoms with Crippen LogP contribution in [0.2, 0.25) is 0 Å². The first-order chi connectivity index (χ1) is 12.8. The van der Waals surface area contributed by atoms with Crippen LogP contribution in [0.5, 0.6) is 0 Å².